The van der Waals surface area contributed by atoms with E-state index >= 15 is 0 Å². The molecule has 0 saturated carbocycles. The average Bonchev–Trinajstić information content (AvgIpc) is 2.30. The van der Waals surface area contributed by atoms with Gasteiger partial charge in [0, 0.05) is 13.5 Å². The molecule has 1 aromatic rings. The Labute approximate surface area is 62.8 Å². The molecular formula is C6H8N2O3. The lowest BCUT2D eigenvalue weighted by Crippen LogP contribution is -2.04. The van der Waals surface area contributed by atoms with E-state index in [1.807, 2.05) is 0 Å². The van der Waals surface area contributed by atoms with Gasteiger partial charge in [0.2, 0.25) is 5.76 Å². The minimum Gasteiger partial charge on any atom is -0.475 e. The number of carboxylic acid groups (broad SMARTS) is 1. The van der Waals surface area contributed by atoms with Gasteiger partial charge < -0.3 is 15.3 Å². The molecule has 1 aromatic heterocycles. The number of hydrogen-bond acceptors (Lipinski definition) is 4. The van der Waals surface area contributed by atoms with Crippen LogP contribution in [-0.2, 0) is 6.54 Å². The van der Waals surface area contributed by atoms with Crippen LogP contribution >= 0.6 is 0 Å². The number of carbonyl (C=O) groups is 1. The van der Waals surface area contributed by atoms with Gasteiger partial charge in [-0.25, -0.2) is 9.78 Å². The molecule has 0 aliphatic carbocycles. The van der Waals surface area contributed by atoms with Crippen molar-refractivity contribution in [3.8, 4) is 0 Å². The summed E-state index contributed by atoms with van der Waals surface area (Å²) in [6.45, 7) is 1.66. The molecule has 60 valence electrons. The molecule has 0 fully saturated rings. The Hall–Kier alpha value is -1.36. The Morgan fingerprint density at radius 1 is 1.82 bits per heavy atom. The maximum atomic E-state index is 10.4. The normalized spacial score (nSPS) is 10.0. The van der Waals surface area contributed by atoms with Crippen LogP contribution in [0.25, 0.3) is 0 Å². The van der Waals surface area contributed by atoms with Crippen molar-refractivity contribution in [2.75, 3.05) is 0 Å². The summed E-state index contributed by atoms with van der Waals surface area (Å²) in [6.07, 6.45) is 0. The Balaban J connectivity index is 3.12. The van der Waals surface area contributed by atoms with Crippen LogP contribution in [0.4, 0.5) is 0 Å². The van der Waals surface area contributed by atoms with Crippen LogP contribution in [0.5, 0.6) is 0 Å². The number of nitrogens with two attached hydrogens (primary N) is 1. The molecule has 0 aliphatic heterocycles. The van der Waals surface area contributed by atoms with Crippen molar-refractivity contribution in [2.24, 2.45) is 5.73 Å². The lowest BCUT2D eigenvalue weighted by Gasteiger charge is -1.88. The SMILES string of the molecule is Cc1nc(CN)c(C(=O)O)o1. The Morgan fingerprint density at radius 2 is 2.45 bits per heavy atom. The van der Waals surface area contributed by atoms with Gasteiger partial charge in [0.1, 0.15) is 5.69 Å². The zero-order valence-electron chi connectivity index (χ0n) is 6.00. The first-order valence-electron chi connectivity index (χ1n) is 3.04. The van der Waals surface area contributed by atoms with Gasteiger partial charge in [0.25, 0.3) is 0 Å². The Kier molecular flexibility index (Phi) is 1.91. The predicted molar refractivity (Wildman–Crippen MR) is 36.1 cm³/mol. The molecule has 0 radical (unpaired) electrons. The number of hydrogen-bond donors (Lipinski definition) is 2. The first kappa shape index (κ1) is 7.74. The van der Waals surface area contributed by atoms with Crippen LogP contribution in [0.2, 0.25) is 0 Å². The fourth-order valence-electron chi connectivity index (χ4n) is 0.776. The molecule has 11 heavy (non-hydrogen) atoms. The van der Waals surface area contributed by atoms with Gasteiger partial charge in [-0.05, 0) is 0 Å². The van der Waals surface area contributed by atoms with E-state index in [-0.39, 0.29) is 18.0 Å². The largest absolute Gasteiger partial charge is 0.475 e. The van der Waals surface area contributed by atoms with Gasteiger partial charge in [0.15, 0.2) is 5.89 Å². The van der Waals surface area contributed by atoms with E-state index in [2.05, 4.69) is 4.98 Å². The topological polar surface area (TPSA) is 89.3 Å². The van der Waals surface area contributed by atoms with Gasteiger partial charge in [-0.2, -0.15) is 0 Å². The van der Waals surface area contributed by atoms with Crippen molar-refractivity contribution in [3.63, 3.8) is 0 Å². The molecule has 0 atom stereocenters. The van der Waals surface area contributed by atoms with E-state index in [9.17, 15) is 4.79 Å². The van der Waals surface area contributed by atoms with Gasteiger partial charge in [0.05, 0.1) is 0 Å². The van der Waals surface area contributed by atoms with Crippen molar-refractivity contribution >= 4 is 5.97 Å². The van der Waals surface area contributed by atoms with Crippen molar-refractivity contribution in [3.05, 3.63) is 17.3 Å². The number of nitrogens with zero attached hydrogens (tertiary/aromatic N) is 1. The van der Waals surface area contributed by atoms with Gasteiger partial charge >= 0.3 is 5.97 Å². The number of carboxylic acids is 1. The summed E-state index contributed by atoms with van der Waals surface area (Å²) in [6, 6.07) is 0. The van der Waals surface area contributed by atoms with E-state index in [4.69, 9.17) is 15.3 Å². The second kappa shape index (κ2) is 2.71. The third-order valence-corrected chi connectivity index (χ3v) is 1.19. The highest BCUT2D eigenvalue weighted by atomic mass is 16.4. The molecule has 3 N–H and O–H groups in total. The van der Waals surface area contributed by atoms with E-state index in [1.54, 1.807) is 6.92 Å². The number of rotatable bonds is 2. The second-order valence-electron chi connectivity index (χ2n) is 2.02. The fraction of sp³-hybridized carbons (Fsp3) is 0.333. The average molecular weight is 156 g/mol. The molecule has 5 nitrogen and oxygen atoms in total. The summed E-state index contributed by atoms with van der Waals surface area (Å²) in [7, 11) is 0. The summed E-state index contributed by atoms with van der Waals surface area (Å²) in [4.78, 5) is 14.2. The first-order valence-corrected chi connectivity index (χ1v) is 3.04. The Bertz CT molecular complexity index is 279. The van der Waals surface area contributed by atoms with Crippen LogP contribution in [0.1, 0.15) is 22.1 Å². The molecule has 0 amide bonds. The molecule has 1 rings (SSSR count). The number of oxazole rings is 1. The Morgan fingerprint density at radius 3 is 2.82 bits per heavy atom. The quantitative estimate of drug-likeness (QED) is 0.635. The predicted octanol–water partition coefficient (Wildman–Crippen LogP) is 0.140. The summed E-state index contributed by atoms with van der Waals surface area (Å²) in [5, 5.41) is 8.52. The molecule has 5 heteroatoms. The van der Waals surface area contributed by atoms with Crippen molar-refractivity contribution in [1.29, 1.82) is 0 Å². The van der Waals surface area contributed by atoms with Crippen molar-refractivity contribution < 1.29 is 14.3 Å². The van der Waals surface area contributed by atoms with Crippen molar-refractivity contribution in [1.82, 2.24) is 4.98 Å². The third kappa shape index (κ3) is 1.38. The highest BCUT2D eigenvalue weighted by Gasteiger charge is 2.15. The number of aryl methyl sites for hydroxylation is 1. The van der Waals surface area contributed by atoms with Gasteiger partial charge in [-0.1, -0.05) is 0 Å². The lowest BCUT2D eigenvalue weighted by molar-refractivity contribution is 0.0659. The van der Waals surface area contributed by atoms with E-state index in [0.717, 1.165) is 0 Å². The molecular weight excluding hydrogens is 148 g/mol. The van der Waals surface area contributed by atoms with E-state index in [1.165, 1.54) is 0 Å². The maximum absolute atomic E-state index is 10.4. The van der Waals surface area contributed by atoms with Crippen LogP contribution in [-0.4, -0.2) is 16.1 Å². The van der Waals surface area contributed by atoms with E-state index in [0.29, 0.717) is 5.89 Å². The molecule has 0 aromatic carbocycles. The monoisotopic (exact) mass is 156 g/mol. The molecule has 0 spiro atoms. The summed E-state index contributed by atoms with van der Waals surface area (Å²) >= 11 is 0. The summed E-state index contributed by atoms with van der Waals surface area (Å²) in [5.41, 5.74) is 5.50. The van der Waals surface area contributed by atoms with Gasteiger partial charge in [-0.3, -0.25) is 0 Å². The highest BCUT2D eigenvalue weighted by Crippen LogP contribution is 2.09. The highest BCUT2D eigenvalue weighted by molar-refractivity contribution is 5.85. The van der Waals surface area contributed by atoms with E-state index < -0.39 is 5.97 Å². The maximum Gasteiger partial charge on any atom is 0.373 e. The standard InChI is InChI=1S/C6H8N2O3/c1-3-8-4(2-7)5(11-3)6(9)10/h2,7H2,1H3,(H,9,10). The van der Waals surface area contributed by atoms with Crippen LogP contribution in [0.3, 0.4) is 0 Å². The van der Waals surface area contributed by atoms with Crippen LogP contribution in [0, 0.1) is 6.92 Å². The zero-order valence-corrected chi connectivity index (χ0v) is 6.00. The van der Waals surface area contributed by atoms with Gasteiger partial charge in [-0.15, -0.1) is 0 Å². The smallest absolute Gasteiger partial charge is 0.373 e. The zero-order chi connectivity index (χ0) is 8.43. The summed E-state index contributed by atoms with van der Waals surface area (Å²) < 4.78 is 4.78. The second-order valence-corrected chi connectivity index (χ2v) is 2.02. The van der Waals surface area contributed by atoms with Crippen LogP contribution < -0.4 is 5.73 Å². The minimum atomic E-state index is -1.13. The molecule has 0 unspecified atom stereocenters. The summed E-state index contributed by atoms with van der Waals surface area (Å²) in [5.74, 6) is -0.973. The third-order valence-electron chi connectivity index (χ3n) is 1.19. The fourth-order valence-corrected chi connectivity index (χ4v) is 0.776. The first-order chi connectivity index (χ1) is 5.15. The minimum absolute atomic E-state index is 0.0823. The molecule has 1 heterocycles. The number of aromatic carboxylic acids is 1. The lowest BCUT2D eigenvalue weighted by atomic mass is 10.3. The number of aromatic nitrogens is 1. The molecule has 0 aliphatic rings. The van der Waals surface area contributed by atoms with Crippen molar-refractivity contribution in [2.45, 2.75) is 13.5 Å². The molecule has 0 bridgehead atoms. The molecule has 0 saturated heterocycles. The van der Waals surface area contributed by atoms with Crippen LogP contribution in [0.15, 0.2) is 4.42 Å².